The third-order valence-corrected chi connectivity index (χ3v) is 3.66. The fourth-order valence-corrected chi connectivity index (χ4v) is 2.59. The van der Waals surface area contributed by atoms with Gasteiger partial charge in [0.2, 0.25) is 0 Å². The number of unbranched alkanes of at least 4 members (excludes halogenated alkanes) is 1. The van der Waals surface area contributed by atoms with Gasteiger partial charge in [0.1, 0.15) is 5.75 Å². The van der Waals surface area contributed by atoms with Crippen molar-refractivity contribution in [2.45, 2.75) is 52.5 Å². The Morgan fingerprint density at radius 1 is 1.32 bits per heavy atom. The molecule has 0 radical (unpaired) electrons. The molecule has 1 heterocycles. The van der Waals surface area contributed by atoms with E-state index in [9.17, 15) is 0 Å². The average Bonchev–Trinajstić information content (AvgIpc) is 2.46. The molecule has 0 bridgehead atoms. The van der Waals surface area contributed by atoms with Crippen LogP contribution in [0, 0.1) is 5.92 Å². The Bertz CT molecular complexity index is 354. The van der Waals surface area contributed by atoms with Crippen LogP contribution in [0.2, 0.25) is 0 Å². The summed E-state index contributed by atoms with van der Waals surface area (Å²) in [7, 11) is 1.72. The number of nitrogens with zero attached hydrogens (tertiary/aromatic N) is 1. The van der Waals surface area contributed by atoms with Crippen molar-refractivity contribution in [2.75, 3.05) is 13.7 Å². The number of nitrogens with one attached hydrogen (secondary N) is 1. The van der Waals surface area contributed by atoms with Crippen molar-refractivity contribution >= 4 is 0 Å². The molecular weight excluding hydrogens is 236 g/mol. The van der Waals surface area contributed by atoms with Gasteiger partial charge < -0.3 is 10.1 Å². The van der Waals surface area contributed by atoms with Crippen molar-refractivity contribution in [3.8, 4) is 5.75 Å². The molecule has 0 saturated heterocycles. The number of ether oxygens (including phenoxy) is 1. The fourth-order valence-electron chi connectivity index (χ4n) is 2.59. The van der Waals surface area contributed by atoms with Gasteiger partial charge in [-0.25, -0.2) is 0 Å². The smallest absolute Gasteiger partial charge is 0.141 e. The van der Waals surface area contributed by atoms with Crippen LogP contribution in [-0.4, -0.2) is 18.6 Å². The zero-order chi connectivity index (χ0) is 14.1. The molecule has 1 aromatic heterocycles. The maximum absolute atomic E-state index is 5.47. The van der Waals surface area contributed by atoms with Gasteiger partial charge in [0.15, 0.2) is 0 Å². The van der Waals surface area contributed by atoms with Crippen LogP contribution in [0.5, 0.6) is 5.75 Å². The summed E-state index contributed by atoms with van der Waals surface area (Å²) in [4.78, 5) is 4.56. The molecule has 0 aliphatic rings. The van der Waals surface area contributed by atoms with Crippen LogP contribution in [0.25, 0.3) is 0 Å². The first-order chi connectivity index (χ1) is 9.28. The minimum atomic E-state index is 0.290. The minimum absolute atomic E-state index is 0.290. The van der Waals surface area contributed by atoms with E-state index >= 15 is 0 Å². The Kier molecular flexibility index (Phi) is 7.49. The van der Waals surface area contributed by atoms with E-state index in [1.54, 1.807) is 7.11 Å². The number of hydrogen-bond donors (Lipinski definition) is 1. The largest absolute Gasteiger partial charge is 0.495 e. The van der Waals surface area contributed by atoms with E-state index in [4.69, 9.17) is 4.74 Å². The van der Waals surface area contributed by atoms with Crippen LogP contribution in [0.3, 0.4) is 0 Å². The molecule has 0 saturated carbocycles. The number of aromatic nitrogens is 1. The highest BCUT2D eigenvalue weighted by atomic mass is 16.5. The SMILES string of the molecule is CCCCC(CC)C(NCC)c1ncccc1OC. The zero-order valence-electron chi connectivity index (χ0n) is 12.8. The van der Waals surface area contributed by atoms with Crippen LogP contribution < -0.4 is 10.1 Å². The molecule has 1 N–H and O–H groups in total. The predicted molar refractivity (Wildman–Crippen MR) is 80.5 cm³/mol. The van der Waals surface area contributed by atoms with Crippen molar-refractivity contribution in [2.24, 2.45) is 5.92 Å². The van der Waals surface area contributed by atoms with Gasteiger partial charge in [-0.3, -0.25) is 4.98 Å². The lowest BCUT2D eigenvalue weighted by molar-refractivity contribution is 0.308. The van der Waals surface area contributed by atoms with Gasteiger partial charge in [-0.2, -0.15) is 0 Å². The second-order valence-electron chi connectivity index (χ2n) is 4.94. The highest BCUT2D eigenvalue weighted by molar-refractivity contribution is 5.30. The first kappa shape index (κ1) is 16.0. The van der Waals surface area contributed by atoms with Crippen LogP contribution >= 0.6 is 0 Å². The summed E-state index contributed by atoms with van der Waals surface area (Å²) in [5.74, 6) is 1.51. The van der Waals surface area contributed by atoms with Gasteiger partial charge in [-0.15, -0.1) is 0 Å². The molecule has 0 aromatic carbocycles. The van der Waals surface area contributed by atoms with Gasteiger partial charge in [0.25, 0.3) is 0 Å². The quantitative estimate of drug-likeness (QED) is 0.733. The van der Waals surface area contributed by atoms with Crippen LogP contribution in [0.1, 0.15) is 58.2 Å². The van der Waals surface area contributed by atoms with E-state index in [0.29, 0.717) is 5.92 Å². The molecule has 2 atom stereocenters. The Balaban J connectivity index is 2.96. The van der Waals surface area contributed by atoms with Gasteiger partial charge in [0.05, 0.1) is 18.8 Å². The third kappa shape index (κ3) is 4.50. The molecule has 0 spiro atoms. The van der Waals surface area contributed by atoms with E-state index in [2.05, 4.69) is 31.1 Å². The fraction of sp³-hybridized carbons (Fsp3) is 0.688. The molecule has 1 rings (SSSR count). The number of rotatable bonds is 9. The van der Waals surface area contributed by atoms with E-state index in [1.165, 1.54) is 19.3 Å². The number of methoxy groups -OCH3 is 1. The van der Waals surface area contributed by atoms with E-state index in [1.807, 2.05) is 18.3 Å². The van der Waals surface area contributed by atoms with Crippen LogP contribution in [0.4, 0.5) is 0 Å². The maximum atomic E-state index is 5.47. The first-order valence-electron chi connectivity index (χ1n) is 7.50. The molecule has 0 amide bonds. The Labute approximate surface area is 117 Å². The monoisotopic (exact) mass is 264 g/mol. The lowest BCUT2D eigenvalue weighted by atomic mass is 9.88. The van der Waals surface area contributed by atoms with Crippen LogP contribution in [-0.2, 0) is 0 Å². The molecule has 3 heteroatoms. The van der Waals surface area contributed by atoms with Crippen molar-refractivity contribution < 1.29 is 4.74 Å². The first-order valence-corrected chi connectivity index (χ1v) is 7.50. The third-order valence-electron chi connectivity index (χ3n) is 3.66. The van der Waals surface area contributed by atoms with E-state index in [-0.39, 0.29) is 6.04 Å². The molecule has 0 aliphatic carbocycles. The second kappa shape index (κ2) is 8.92. The standard InChI is InChI=1S/C16H28N2O/c1-5-8-10-13(6-2)15(17-7-3)16-14(19-4)11-9-12-18-16/h9,11-13,15,17H,5-8,10H2,1-4H3. The molecule has 108 valence electrons. The predicted octanol–water partition coefficient (Wildman–Crippen LogP) is 3.96. The van der Waals surface area contributed by atoms with Gasteiger partial charge in [0, 0.05) is 6.20 Å². The van der Waals surface area contributed by atoms with Gasteiger partial charge >= 0.3 is 0 Å². The minimum Gasteiger partial charge on any atom is -0.495 e. The number of pyridine rings is 1. The number of hydrogen-bond acceptors (Lipinski definition) is 3. The maximum Gasteiger partial charge on any atom is 0.141 e. The highest BCUT2D eigenvalue weighted by Crippen LogP contribution is 2.32. The Morgan fingerprint density at radius 3 is 2.68 bits per heavy atom. The molecule has 2 unspecified atom stereocenters. The summed E-state index contributed by atoms with van der Waals surface area (Å²) in [5.41, 5.74) is 1.05. The zero-order valence-corrected chi connectivity index (χ0v) is 12.8. The molecule has 19 heavy (non-hydrogen) atoms. The normalized spacial score (nSPS) is 14.1. The summed E-state index contributed by atoms with van der Waals surface area (Å²) >= 11 is 0. The molecule has 3 nitrogen and oxygen atoms in total. The highest BCUT2D eigenvalue weighted by Gasteiger charge is 2.24. The summed E-state index contributed by atoms with van der Waals surface area (Å²) in [5, 5.41) is 3.59. The van der Waals surface area contributed by atoms with Crippen molar-refractivity contribution in [1.29, 1.82) is 0 Å². The van der Waals surface area contributed by atoms with E-state index < -0.39 is 0 Å². The van der Waals surface area contributed by atoms with Gasteiger partial charge in [-0.05, 0) is 31.0 Å². The summed E-state index contributed by atoms with van der Waals surface area (Å²) in [6.45, 7) is 7.61. The summed E-state index contributed by atoms with van der Waals surface area (Å²) in [6.07, 6.45) is 6.78. The van der Waals surface area contributed by atoms with Crippen molar-refractivity contribution in [3.05, 3.63) is 24.0 Å². The van der Waals surface area contributed by atoms with Crippen molar-refractivity contribution in [1.82, 2.24) is 10.3 Å². The lowest BCUT2D eigenvalue weighted by Crippen LogP contribution is -2.29. The molecule has 0 fully saturated rings. The van der Waals surface area contributed by atoms with Crippen molar-refractivity contribution in [3.63, 3.8) is 0 Å². The Morgan fingerprint density at radius 2 is 2.11 bits per heavy atom. The van der Waals surface area contributed by atoms with E-state index in [0.717, 1.165) is 24.4 Å². The Hall–Kier alpha value is -1.09. The molecule has 0 aliphatic heterocycles. The summed E-state index contributed by atoms with van der Waals surface area (Å²) in [6, 6.07) is 4.22. The lowest BCUT2D eigenvalue weighted by Gasteiger charge is -2.27. The average molecular weight is 264 g/mol. The van der Waals surface area contributed by atoms with Crippen LogP contribution in [0.15, 0.2) is 18.3 Å². The second-order valence-corrected chi connectivity index (χ2v) is 4.94. The molecule has 1 aromatic rings. The topological polar surface area (TPSA) is 34.2 Å². The van der Waals surface area contributed by atoms with Gasteiger partial charge in [-0.1, -0.05) is 40.0 Å². The molecular formula is C16H28N2O. The summed E-state index contributed by atoms with van der Waals surface area (Å²) < 4.78 is 5.47.